The Balaban J connectivity index is 1.73. The molecule has 0 spiro atoms. The fourth-order valence-corrected chi connectivity index (χ4v) is 3.05. The van der Waals surface area contributed by atoms with E-state index in [4.69, 9.17) is 29.2 Å². The van der Waals surface area contributed by atoms with Crippen molar-refractivity contribution in [1.29, 1.82) is 0 Å². The van der Waals surface area contributed by atoms with Crippen LogP contribution in [0.25, 0.3) is 11.4 Å². The fourth-order valence-electron chi connectivity index (χ4n) is 3.05. The lowest BCUT2D eigenvalue weighted by Crippen LogP contribution is -2.40. The van der Waals surface area contributed by atoms with Crippen LogP contribution in [0.2, 0.25) is 0 Å². The molecule has 0 atom stereocenters. The molecule has 1 aromatic heterocycles. The van der Waals surface area contributed by atoms with Crippen LogP contribution >= 0.6 is 0 Å². The van der Waals surface area contributed by atoms with Crippen molar-refractivity contribution in [3.05, 3.63) is 24.3 Å². The summed E-state index contributed by atoms with van der Waals surface area (Å²) in [6.45, 7) is 5.88. The maximum atomic E-state index is 5.46. The summed E-state index contributed by atoms with van der Waals surface area (Å²) in [7, 11) is 1.66. The van der Waals surface area contributed by atoms with Gasteiger partial charge in [0.15, 0.2) is 5.82 Å². The summed E-state index contributed by atoms with van der Waals surface area (Å²) in [5.74, 6) is 2.83. The van der Waals surface area contributed by atoms with Gasteiger partial charge in [-0.3, -0.25) is 0 Å². The first-order valence-electron chi connectivity index (χ1n) is 8.89. The van der Waals surface area contributed by atoms with Crippen LogP contribution in [0.5, 0.6) is 5.75 Å². The summed E-state index contributed by atoms with van der Waals surface area (Å²) in [6.07, 6.45) is 0. The van der Waals surface area contributed by atoms with E-state index < -0.39 is 0 Å². The van der Waals surface area contributed by atoms with Crippen molar-refractivity contribution in [3.8, 4) is 17.1 Å². The Kier molecular flexibility index (Phi) is 5.12. The lowest BCUT2D eigenvalue weighted by atomic mass is 10.2. The molecule has 0 saturated carbocycles. The van der Waals surface area contributed by atoms with E-state index in [9.17, 15) is 0 Å². The minimum atomic E-state index is 0.655. The number of hydrogen-bond acceptors (Lipinski definition) is 8. The van der Waals surface area contributed by atoms with Crippen molar-refractivity contribution in [2.75, 3.05) is 69.5 Å². The molecule has 2 aromatic rings. The number of benzene rings is 1. The molecular formula is C18H23N5O3. The summed E-state index contributed by atoms with van der Waals surface area (Å²) >= 11 is 0. The zero-order chi connectivity index (χ0) is 17.8. The number of methoxy groups -OCH3 is 1. The zero-order valence-corrected chi connectivity index (χ0v) is 14.9. The topological polar surface area (TPSA) is 72.8 Å². The normalized spacial score (nSPS) is 18.0. The van der Waals surface area contributed by atoms with Crippen LogP contribution in [0, 0.1) is 0 Å². The van der Waals surface area contributed by atoms with Gasteiger partial charge in [-0.25, -0.2) is 0 Å². The Morgan fingerprint density at radius 1 is 0.846 bits per heavy atom. The molecule has 2 aliphatic rings. The SMILES string of the molecule is COc1cccc(-c2nc(N3CCOCC3)nc(N3CCOCC3)n2)c1. The quantitative estimate of drug-likeness (QED) is 0.809. The van der Waals surface area contributed by atoms with Gasteiger partial charge in [-0.2, -0.15) is 15.0 Å². The Morgan fingerprint density at radius 3 is 1.96 bits per heavy atom. The van der Waals surface area contributed by atoms with Gasteiger partial charge >= 0.3 is 0 Å². The summed E-state index contributed by atoms with van der Waals surface area (Å²) in [4.78, 5) is 18.5. The summed E-state index contributed by atoms with van der Waals surface area (Å²) in [5.41, 5.74) is 0.913. The van der Waals surface area contributed by atoms with Crippen LogP contribution in [0.15, 0.2) is 24.3 Å². The molecule has 8 heteroatoms. The Bertz CT molecular complexity index is 709. The number of aromatic nitrogens is 3. The molecule has 0 N–H and O–H groups in total. The average molecular weight is 357 g/mol. The van der Waals surface area contributed by atoms with Gasteiger partial charge < -0.3 is 24.0 Å². The van der Waals surface area contributed by atoms with Crippen molar-refractivity contribution in [1.82, 2.24) is 15.0 Å². The third-order valence-corrected chi connectivity index (χ3v) is 4.53. The Hall–Kier alpha value is -2.45. The highest BCUT2D eigenvalue weighted by Crippen LogP contribution is 2.25. The number of ether oxygens (including phenoxy) is 3. The summed E-state index contributed by atoms with van der Waals surface area (Å²) in [5, 5.41) is 0. The number of morpholine rings is 2. The maximum Gasteiger partial charge on any atom is 0.230 e. The average Bonchev–Trinajstić information content (AvgIpc) is 2.75. The molecule has 4 rings (SSSR count). The molecule has 0 unspecified atom stereocenters. The van der Waals surface area contributed by atoms with Gasteiger partial charge in [0.25, 0.3) is 0 Å². The number of nitrogens with zero attached hydrogens (tertiary/aromatic N) is 5. The van der Waals surface area contributed by atoms with Crippen molar-refractivity contribution < 1.29 is 14.2 Å². The van der Waals surface area contributed by atoms with E-state index in [-0.39, 0.29) is 0 Å². The third kappa shape index (κ3) is 3.71. The molecule has 138 valence electrons. The van der Waals surface area contributed by atoms with Crippen LogP contribution in [0.4, 0.5) is 11.9 Å². The second kappa shape index (κ2) is 7.84. The van der Waals surface area contributed by atoms with Crippen molar-refractivity contribution in [3.63, 3.8) is 0 Å². The highest BCUT2D eigenvalue weighted by Gasteiger charge is 2.21. The highest BCUT2D eigenvalue weighted by atomic mass is 16.5. The third-order valence-electron chi connectivity index (χ3n) is 4.53. The van der Waals surface area contributed by atoms with E-state index >= 15 is 0 Å². The lowest BCUT2D eigenvalue weighted by molar-refractivity contribution is 0.121. The van der Waals surface area contributed by atoms with Gasteiger partial charge in [0.05, 0.1) is 33.5 Å². The first-order chi connectivity index (χ1) is 12.8. The molecule has 26 heavy (non-hydrogen) atoms. The maximum absolute atomic E-state index is 5.46. The standard InChI is InChI=1S/C18H23N5O3/c1-24-15-4-2-3-14(13-15)16-19-17(22-5-9-25-10-6-22)21-18(20-16)23-7-11-26-12-8-23/h2-4,13H,5-12H2,1H3. The van der Waals surface area contributed by atoms with Gasteiger partial charge in [0.1, 0.15) is 5.75 Å². The molecule has 0 aliphatic carbocycles. The van der Waals surface area contributed by atoms with Crippen molar-refractivity contribution in [2.24, 2.45) is 0 Å². The van der Waals surface area contributed by atoms with Crippen LogP contribution in [-0.2, 0) is 9.47 Å². The second-order valence-corrected chi connectivity index (χ2v) is 6.19. The zero-order valence-electron chi connectivity index (χ0n) is 14.9. The van der Waals surface area contributed by atoms with E-state index in [1.54, 1.807) is 7.11 Å². The van der Waals surface area contributed by atoms with Gasteiger partial charge in [0.2, 0.25) is 11.9 Å². The van der Waals surface area contributed by atoms with Crippen molar-refractivity contribution in [2.45, 2.75) is 0 Å². The smallest absolute Gasteiger partial charge is 0.230 e. The van der Waals surface area contributed by atoms with Gasteiger partial charge in [0, 0.05) is 31.7 Å². The molecule has 1 aromatic carbocycles. The van der Waals surface area contributed by atoms with Gasteiger partial charge in [-0.1, -0.05) is 12.1 Å². The lowest BCUT2D eigenvalue weighted by Gasteiger charge is -2.30. The fraction of sp³-hybridized carbons (Fsp3) is 0.500. The van der Waals surface area contributed by atoms with Gasteiger partial charge in [-0.05, 0) is 12.1 Å². The van der Waals surface area contributed by atoms with E-state index in [1.165, 1.54) is 0 Å². The molecule has 2 saturated heterocycles. The van der Waals surface area contributed by atoms with Crippen LogP contribution < -0.4 is 14.5 Å². The second-order valence-electron chi connectivity index (χ2n) is 6.19. The van der Waals surface area contributed by atoms with E-state index in [1.807, 2.05) is 24.3 Å². The summed E-state index contributed by atoms with van der Waals surface area (Å²) in [6, 6.07) is 7.79. The largest absolute Gasteiger partial charge is 0.497 e. The first kappa shape index (κ1) is 17.0. The number of hydrogen-bond donors (Lipinski definition) is 0. The number of anilines is 2. The molecule has 0 amide bonds. The predicted molar refractivity (Wildman–Crippen MR) is 97.9 cm³/mol. The summed E-state index contributed by atoms with van der Waals surface area (Å²) < 4.78 is 16.3. The van der Waals surface area contributed by atoms with Gasteiger partial charge in [-0.15, -0.1) is 0 Å². The molecular weight excluding hydrogens is 334 g/mol. The van der Waals surface area contributed by atoms with Crippen molar-refractivity contribution >= 4 is 11.9 Å². The molecule has 2 aliphatic heterocycles. The van der Waals surface area contributed by atoms with E-state index in [0.717, 1.165) is 37.5 Å². The highest BCUT2D eigenvalue weighted by molar-refractivity contribution is 5.60. The number of rotatable bonds is 4. The monoisotopic (exact) mass is 357 g/mol. The molecule has 3 heterocycles. The molecule has 8 nitrogen and oxygen atoms in total. The molecule has 2 fully saturated rings. The van der Waals surface area contributed by atoms with Crippen LogP contribution in [-0.4, -0.2) is 74.7 Å². The van der Waals surface area contributed by atoms with E-state index in [2.05, 4.69) is 9.80 Å². The van der Waals surface area contributed by atoms with Crippen LogP contribution in [0.3, 0.4) is 0 Å². The minimum absolute atomic E-state index is 0.655. The van der Waals surface area contributed by atoms with Crippen LogP contribution in [0.1, 0.15) is 0 Å². The Morgan fingerprint density at radius 2 is 1.42 bits per heavy atom. The molecule has 0 bridgehead atoms. The first-order valence-corrected chi connectivity index (χ1v) is 8.89. The molecule has 0 radical (unpaired) electrons. The Labute approximate surface area is 152 Å². The minimum Gasteiger partial charge on any atom is -0.497 e. The van der Waals surface area contributed by atoms with E-state index in [0.29, 0.717) is 44.1 Å². The predicted octanol–water partition coefficient (Wildman–Crippen LogP) is 1.22.